The van der Waals surface area contributed by atoms with Crippen molar-refractivity contribution in [2.75, 3.05) is 18.0 Å². The van der Waals surface area contributed by atoms with Gasteiger partial charge in [-0.3, -0.25) is 9.48 Å². The largest absolute Gasteiger partial charge is 0.356 e. The maximum atomic E-state index is 12.5. The van der Waals surface area contributed by atoms with Gasteiger partial charge in [0.15, 0.2) is 0 Å². The molecule has 0 spiro atoms. The van der Waals surface area contributed by atoms with Crippen LogP contribution in [0.4, 0.5) is 5.82 Å². The number of benzene rings is 1. The number of aromatic amines is 1. The number of hydrogen-bond donors (Lipinski definition) is 2. The summed E-state index contributed by atoms with van der Waals surface area (Å²) in [6, 6.07) is 9.53. The first kappa shape index (κ1) is 18.4. The molecule has 0 aliphatic carbocycles. The zero-order valence-electron chi connectivity index (χ0n) is 16.7. The van der Waals surface area contributed by atoms with Gasteiger partial charge in [-0.1, -0.05) is 18.2 Å². The molecule has 0 unspecified atom stereocenters. The van der Waals surface area contributed by atoms with E-state index < -0.39 is 0 Å². The molecule has 2 N–H and O–H groups in total. The van der Waals surface area contributed by atoms with Crippen LogP contribution in [-0.2, 0) is 7.05 Å². The molecule has 5 rings (SSSR count). The van der Waals surface area contributed by atoms with Crippen molar-refractivity contribution in [3.8, 4) is 22.5 Å². The molecule has 152 valence electrons. The van der Waals surface area contributed by atoms with Gasteiger partial charge in [-0.25, -0.2) is 9.97 Å². The first-order valence-electron chi connectivity index (χ1n) is 10.1. The summed E-state index contributed by atoms with van der Waals surface area (Å²) in [4.78, 5) is 27.1. The lowest BCUT2D eigenvalue weighted by atomic mass is 10.0. The number of nitrogens with zero attached hydrogens (tertiary/aromatic N) is 5. The van der Waals surface area contributed by atoms with E-state index in [9.17, 15) is 4.79 Å². The molecule has 2 aromatic rings. The van der Waals surface area contributed by atoms with Crippen LogP contribution in [0, 0.1) is 0 Å². The molecule has 0 bridgehead atoms. The fourth-order valence-electron chi connectivity index (χ4n) is 4.05. The Hall–Kier alpha value is -3.68. The van der Waals surface area contributed by atoms with Gasteiger partial charge in [-0.05, 0) is 25.0 Å². The molecule has 3 aliphatic heterocycles. The monoisotopic (exact) mass is 401 g/mol. The number of carbonyl (C=O) groups is 1. The summed E-state index contributed by atoms with van der Waals surface area (Å²) in [6.07, 6.45) is 9.14. The van der Waals surface area contributed by atoms with E-state index in [1.165, 1.54) is 0 Å². The SMILES string of the molecule is Cn1cc(-c2cnc3[nH]cnc(N4CCC(NC(=O)c5ccccc5)CC4)c2-3)cn1. The van der Waals surface area contributed by atoms with E-state index in [1.807, 2.05) is 56.0 Å². The van der Waals surface area contributed by atoms with Gasteiger partial charge in [0.05, 0.1) is 18.1 Å². The summed E-state index contributed by atoms with van der Waals surface area (Å²) in [5.41, 5.74) is 3.76. The Balaban J connectivity index is 1.33. The van der Waals surface area contributed by atoms with E-state index in [1.54, 1.807) is 11.0 Å². The third kappa shape index (κ3) is 3.41. The van der Waals surface area contributed by atoms with Gasteiger partial charge >= 0.3 is 0 Å². The third-order valence-electron chi connectivity index (χ3n) is 5.62. The number of fused-ring (bicyclic) bond motifs is 1. The maximum Gasteiger partial charge on any atom is 0.251 e. The number of rotatable bonds is 4. The summed E-state index contributed by atoms with van der Waals surface area (Å²) < 4.78 is 1.79. The molecule has 4 heterocycles. The quantitative estimate of drug-likeness (QED) is 0.549. The molecule has 8 nitrogen and oxygen atoms in total. The Bertz CT molecular complexity index is 1130. The van der Waals surface area contributed by atoms with Crippen molar-refractivity contribution in [2.45, 2.75) is 18.9 Å². The molecule has 3 aliphatic rings. The molecule has 30 heavy (non-hydrogen) atoms. The highest BCUT2D eigenvalue weighted by Gasteiger charge is 2.27. The Kier molecular flexibility index (Phi) is 4.66. The van der Waals surface area contributed by atoms with Crippen molar-refractivity contribution in [2.24, 2.45) is 7.05 Å². The second-order valence-electron chi connectivity index (χ2n) is 7.63. The summed E-state index contributed by atoms with van der Waals surface area (Å²) in [6.45, 7) is 1.65. The minimum Gasteiger partial charge on any atom is -0.356 e. The van der Waals surface area contributed by atoms with Crippen molar-refractivity contribution >= 4 is 11.7 Å². The Labute approximate surface area is 174 Å². The van der Waals surface area contributed by atoms with Crippen molar-refractivity contribution in [1.29, 1.82) is 0 Å². The van der Waals surface area contributed by atoms with E-state index in [4.69, 9.17) is 0 Å². The minimum atomic E-state index is -0.0111. The number of nitrogens with one attached hydrogen (secondary N) is 2. The highest BCUT2D eigenvalue weighted by molar-refractivity contribution is 5.94. The van der Waals surface area contributed by atoms with Gasteiger partial charge in [0.1, 0.15) is 11.6 Å². The lowest BCUT2D eigenvalue weighted by molar-refractivity contribution is 0.0931. The van der Waals surface area contributed by atoms with Crippen molar-refractivity contribution in [1.82, 2.24) is 30.0 Å². The first-order valence-corrected chi connectivity index (χ1v) is 10.1. The normalized spacial score (nSPS) is 14.9. The predicted molar refractivity (Wildman–Crippen MR) is 114 cm³/mol. The number of aryl methyl sites for hydroxylation is 1. The molecule has 8 heteroatoms. The topological polar surface area (TPSA) is 91.7 Å². The van der Waals surface area contributed by atoms with Crippen LogP contribution in [0.15, 0.2) is 55.2 Å². The standard InChI is InChI=1S/C22H23N7O/c1-28-13-16(11-26-28)18-12-23-20-19(18)21(25-14-24-20)29-9-7-17(8-10-29)27-22(30)15-5-3-2-4-6-15/h2-6,11-14,17H,7-10H2,1H3,(H,27,30)(H,23,24,25). The van der Waals surface area contributed by atoms with Crippen molar-refractivity contribution in [3.05, 3.63) is 60.8 Å². The van der Waals surface area contributed by atoms with E-state index in [-0.39, 0.29) is 11.9 Å². The first-order chi connectivity index (χ1) is 14.7. The molecule has 0 atom stereocenters. The Morgan fingerprint density at radius 2 is 1.93 bits per heavy atom. The average Bonchev–Trinajstić information content (AvgIpc) is 3.41. The van der Waals surface area contributed by atoms with Crippen LogP contribution in [-0.4, -0.2) is 49.8 Å². The van der Waals surface area contributed by atoms with Gasteiger partial charge in [0.25, 0.3) is 5.91 Å². The molecule has 1 amide bonds. The fourth-order valence-corrected chi connectivity index (χ4v) is 4.05. The van der Waals surface area contributed by atoms with Crippen LogP contribution in [0.3, 0.4) is 0 Å². The molecule has 1 aromatic heterocycles. The van der Waals surface area contributed by atoms with E-state index in [2.05, 4.69) is 30.3 Å². The number of amides is 1. The fraction of sp³-hybridized carbons (Fsp3) is 0.273. The number of anilines is 1. The zero-order valence-corrected chi connectivity index (χ0v) is 16.7. The second-order valence-corrected chi connectivity index (χ2v) is 7.63. The van der Waals surface area contributed by atoms with Crippen LogP contribution in [0.1, 0.15) is 23.2 Å². The minimum absolute atomic E-state index is 0.0111. The number of piperidine rings is 1. The van der Waals surface area contributed by atoms with Gasteiger partial charge in [-0.15, -0.1) is 0 Å². The third-order valence-corrected chi connectivity index (χ3v) is 5.62. The molecule has 1 fully saturated rings. The Morgan fingerprint density at radius 1 is 1.13 bits per heavy atom. The number of hydrogen-bond acceptors (Lipinski definition) is 5. The second kappa shape index (κ2) is 7.62. The van der Waals surface area contributed by atoms with Gasteiger partial charge in [0.2, 0.25) is 0 Å². The van der Waals surface area contributed by atoms with Gasteiger partial charge in [0, 0.05) is 55.3 Å². The number of aromatic nitrogens is 5. The highest BCUT2D eigenvalue weighted by atomic mass is 16.1. The lowest BCUT2D eigenvalue weighted by Gasteiger charge is -2.34. The summed E-state index contributed by atoms with van der Waals surface area (Å²) in [5.74, 6) is 1.73. The van der Waals surface area contributed by atoms with E-state index in [0.717, 1.165) is 54.3 Å². The van der Waals surface area contributed by atoms with E-state index in [0.29, 0.717) is 5.56 Å². The molecule has 1 saturated heterocycles. The summed E-state index contributed by atoms with van der Waals surface area (Å²) >= 11 is 0. The Morgan fingerprint density at radius 3 is 2.67 bits per heavy atom. The average molecular weight is 401 g/mol. The zero-order chi connectivity index (χ0) is 20.5. The smallest absolute Gasteiger partial charge is 0.251 e. The highest BCUT2D eigenvalue weighted by Crippen LogP contribution is 2.38. The van der Waals surface area contributed by atoms with Crippen LogP contribution in [0.5, 0.6) is 0 Å². The molecule has 0 saturated carbocycles. The lowest BCUT2D eigenvalue weighted by Crippen LogP contribution is -2.45. The van der Waals surface area contributed by atoms with E-state index >= 15 is 0 Å². The van der Waals surface area contributed by atoms with Crippen LogP contribution >= 0.6 is 0 Å². The van der Waals surface area contributed by atoms with Crippen LogP contribution in [0.25, 0.3) is 22.5 Å². The molecular formula is C22H23N7O. The maximum absolute atomic E-state index is 12.5. The summed E-state index contributed by atoms with van der Waals surface area (Å²) in [7, 11) is 1.90. The molecule has 1 aromatic carbocycles. The molecule has 0 radical (unpaired) electrons. The van der Waals surface area contributed by atoms with Crippen LogP contribution in [0.2, 0.25) is 0 Å². The van der Waals surface area contributed by atoms with Crippen molar-refractivity contribution in [3.63, 3.8) is 0 Å². The van der Waals surface area contributed by atoms with Crippen LogP contribution < -0.4 is 10.2 Å². The number of carbonyl (C=O) groups excluding carboxylic acids is 1. The number of H-pyrrole nitrogens is 1. The summed E-state index contributed by atoms with van der Waals surface area (Å²) in [5, 5.41) is 7.45. The van der Waals surface area contributed by atoms with Gasteiger partial charge in [-0.2, -0.15) is 5.10 Å². The predicted octanol–water partition coefficient (Wildman–Crippen LogP) is 2.71. The molecular weight excluding hydrogens is 378 g/mol. The van der Waals surface area contributed by atoms with Crippen molar-refractivity contribution < 1.29 is 4.79 Å². The van der Waals surface area contributed by atoms with Gasteiger partial charge < -0.3 is 15.2 Å².